The highest BCUT2D eigenvalue weighted by Crippen LogP contribution is 2.43. The number of phenolic OH excluding ortho intramolecular Hbond substituents is 1. The number of aliphatic hydroxyl groups excluding tert-OH is 1. The molecule has 1 aromatic heterocycles. The molecule has 18 nitrogen and oxygen atoms in total. The normalized spacial score (nSPS) is 16.6. The first-order valence-electron chi connectivity index (χ1n) is 42.5. The number of aliphatic hydroxyl groups is 1. The van der Waals surface area contributed by atoms with Gasteiger partial charge in [0.2, 0.25) is 23.6 Å². The topological polar surface area (TPSA) is 186 Å². The SMILES string of the molecule is CC(=O)NC(C(=O)N1CCN(c2ccc(C)cc2Cl)C(c2ccc(Cl)cc2)C1)c1ccccc1.COc1cc(C(O)C(=O)N2CCN(c3ccc(C)cc3Cl)C(c3ccc(Cl)cc3)C2)ccc1O.Cc1ccc(N2CCN(C(=O)Cc3cc(Cl)ccc3Cl)CC2c2ccc(Cl)cc2)c(Cl)c1.Cc1ccc(N2CCN(C(=O)Cc3cncc(Br)c3)CC2c2ccc(Cl)cc2)c(Cl)c1. The number of carbonyl (C=O) groups is 5. The third-order valence-electron chi connectivity index (χ3n) is 23.5. The number of hydrogen-bond donors (Lipinski definition) is 3. The van der Waals surface area contributed by atoms with Crippen LogP contribution < -0.4 is 29.7 Å². The van der Waals surface area contributed by atoms with Crippen LogP contribution in [0.25, 0.3) is 0 Å². The number of aromatic nitrogens is 1. The van der Waals surface area contributed by atoms with E-state index in [0.29, 0.717) is 136 Å². The van der Waals surface area contributed by atoms with Crippen LogP contribution in [-0.4, -0.2) is 150 Å². The van der Waals surface area contributed by atoms with Gasteiger partial charge in [-0.25, -0.2) is 0 Å². The van der Waals surface area contributed by atoms with Gasteiger partial charge in [-0.05, 0) is 244 Å². The van der Waals surface area contributed by atoms with Crippen LogP contribution in [0.5, 0.6) is 11.5 Å². The van der Waals surface area contributed by atoms with Gasteiger partial charge in [0.25, 0.3) is 5.91 Å². The Morgan fingerprint density at radius 2 is 0.771 bits per heavy atom. The van der Waals surface area contributed by atoms with E-state index in [4.69, 9.17) is 121 Å². The second kappa shape index (κ2) is 45.7. The van der Waals surface area contributed by atoms with Crippen molar-refractivity contribution in [2.75, 3.05) is 105 Å². The highest BCUT2D eigenvalue weighted by Gasteiger charge is 2.40. The summed E-state index contributed by atoms with van der Waals surface area (Å²) in [5.41, 5.74) is 15.1. The molecule has 6 unspecified atom stereocenters. The van der Waals surface area contributed by atoms with Crippen LogP contribution >= 0.6 is 132 Å². The van der Waals surface area contributed by atoms with Crippen LogP contribution in [0.4, 0.5) is 22.7 Å². The molecule has 3 N–H and O–H groups in total. The van der Waals surface area contributed by atoms with Crippen molar-refractivity contribution in [1.82, 2.24) is 29.9 Å². The van der Waals surface area contributed by atoms with Gasteiger partial charge in [0.05, 0.1) is 87.0 Å². The predicted octanol–water partition coefficient (Wildman–Crippen LogP) is 24.0. The summed E-state index contributed by atoms with van der Waals surface area (Å²) >= 11 is 66.8. The molecule has 0 aliphatic carbocycles. The molecule has 680 valence electrons. The molecule has 4 aliphatic rings. The lowest BCUT2D eigenvalue weighted by Gasteiger charge is -2.44. The predicted molar refractivity (Wildman–Crippen MR) is 536 cm³/mol. The van der Waals surface area contributed by atoms with Crippen LogP contribution in [0.3, 0.4) is 0 Å². The summed E-state index contributed by atoms with van der Waals surface area (Å²) in [5.74, 6) is -0.547. The first-order chi connectivity index (χ1) is 62.8. The number of carbonyl (C=O) groups excluding carboxylic acids is 5. The molecule has 12 aromatic rings. The molecule has 16 rings (SSSR count). The van der Waals surface area contributed by atoms with E-state index in [1.165, 1.54) is 32.2 Å². The van der Waals surface area contributed by atoms with Gasteiger partial charge in [0, 0.05) is 132 Å². The number of rotatable bonds is 18. The van der Waals surface area contributed by atoms with Gasteiger partial charge in [-0.3, -0.25) is 29.0 Å². The number of halogens is 11. The molecule has 0 spiro atoms. The summed E-state index contributed by atoms with van der Waals surface area (Å²) in [4.78, 5) is 85.6. The minimum absolute atomic E-state index is 0.0165. The van der Waals surface area contributed by atoms with Gasteiger partial charge < -0.3 is 59.5 Å². The molecule has 0 radical (unpaired) electrons. The Hall–Kier alpha value is -9.94. The second-order valence-electron chi connectivity index (χ2n) is 32.6. The Balaban J connectivity index is 0.000000149. The van der Waals surface area contributed by atoms with E-state index < -0.39 is 18.1 Å². The van der Waals surface area contributed by atoms with Crippen LogP contribution in [0.1, 0.15) is 110 Å². The first-order valence-corrected chi connectivity index (χ1v) is 47.1. The molecule has 5 heterocycles. The Kier molecular flexibility index (Phi) is 34.4. The average molecular weight is 2030 g/mol. The number of hydrogen-bond acceptors (Lipinski definition) is 13. The summed E-state index contributed by atoms with van der Waals surface area (Å²) in [7, 11) is 1.42. The molecule has 29 heteroatoms. The van der Waals surface area contributed by atoms with Crippen LogP contribution in [0.2, 0.25) is 50.2 Å². The third-order valence-corrected chi connectivity index (χ3v) is 26.7. The fraction of sp³-hybridized carbons (Fsp3) is 0.255. The maximum absolute atomic E-state index is 13.7. The molecule has 4 fully saturated rings. The number of nitrogens with zero attached hydrogens (tertiary/aromatic N) is 9. The molecular weight excluding hydrogens is 1930 g/mol. The molecular formula is C102H97BrCl10N10O8. The van der Waals surface area contributed by atoms with Crippen molar-refractivity contribution in [1.29, 1.82) is 0 Å². The number of piperazine rings is 4. The van der Waals surface area contributed by atoms with Crippen molar-refractivity contribution in [3.8, 4) is 11.5 Å². The van der Waals surface area contributed by atoms with Gasteiger partial charge in [0.15, 0.2) is 17.6 Å². The van der Waals surface area contributed by atoms with Gasteiger partial charge in [-0.15, -0.1) is 0 Å². The minimum atomic E-state index is -1.38. The highest BCUT2D eigenvalue weighted by atomic mass is 79.9. The van der Waals surface area contributed by atoms with Crippen LogP contribution in [-0.2, 0) is 36.8 Å². The smallest absolute Gasteiger partial charge is 0.256 e. The summed E-state index contributed by atoms with van der Waals surface area (Å²) in [6, 6.07) is 74.7. The van der Waals surface area contributed by atoms with Gasteiger partial charge in [-0.1, -0.05) is 225 Å². The number of ether oxygens (including phenoxy) is 1. The third kappa shape index (κ3) is 25.5. The zero-order valence-electron chi connectivity index (χ0n) is 72.6. The summed E-state index contributed by atoms with van der Waals surface area (Å²) < 4.78 is 5.98. The number of methoxy groups -OCH3 is 1. The lowest BCUT2D eigenvalue weighted by Crippen LogP contribution is -2.53. The number of aromatic hydroxyl groups is 1. The molecule has 4 saturated heterocycles. The number of phenols is 1. The Labute approximate surface area is 823 Å². The van der Waals surface area contributed by atoms with Gasteiger partial charge in [-0.2, -0.15) is 0 Å². The fourth-order valence-electron chi connectivity index (χ4n) is 16.7. The van der Waals surface area contributed by atoms with Crippen LogP contribution in [0.15, 0.2) is 260 Å². The van der Waals surface area contributed by atoms with E-state index in [9.17, 15) is 34.2 Å². The first kappa shape index (κ1) is 98.6. The number of pyridine rings is 1. The number of benzene rings is 11. The molecule has 0 bridgehead atoms. The molecule has 6 atom stereocenters. The largest absolute Gasteiger partial charge is 0.504 e. The Bertz CT molecular complexity index is 6040. The molecule has 131 heavy (non-hydrogen) atoms. The monoisotopic (exact) mass is 2020 g/mol. The van der Waals surface area contributed by atoms with Crippen molar-refractivity contribution in [2.45, 2.75) is 83.8 Å². The maximum atomic E-state index is 13.7. The van der Waals surface area contributed by atoms with Gasteiger partial charge >= 0.3 is 0 Å². The van der Waals surface area contributed by atoms with Crippen molar-refractivity contribution >= 4 is 184 Å². The summed E-state index contributed by atoms with van der Waals surface area (Å²) in [5, 5.41) is 30.0. The number of anilines is 4. The summed E-state index contributed by atoms with van der Waals surface area (Å²) in [6.07, 6.45) is 2.61. The molecule has 4 aliphatic heterocycles. The maximum Gasteiger partial charge on any atom is 0.256 e. The summed E-state index contributed by atoms with van der Waals surface area (Å²) in [6.45, 7) is 16.0. The van der Waals surface area contributed by atoms with E-state index in [1.54, 1.807) is 35.5 Å². The minimum Gasteiger partial charge on any atom is -0.504 e. The average Bonchev–Trinajstić information content (AvgIpc) is 0.794. The lowest BCUT2D eigenvalue weighted by atomic mass is 9.99. The molecule has 11 aromatic carbocycles. The number of nitrogens with one attached hydrogen (secondary N) is 1. The van der Waals surface area contributed by atoms with Crippen molar-refractivity contribution in [3.63, 3.8) is 0 Å². The molecule has 5 amide bonds. The van der Waals surface area contributed by atoms with E-state index in [0.717, 1.165) is 93.4 Å². The zero-order valence-corrected chi connectivity index (χ0v) is 81.8. The Morgan fingerprint density at radius 3 is 1.15 bits per heavy atom. The second-order valence-corrected chi connectivity index (χ2v) is 37.7. The zero-order chi connectivity index (χ0) is 93.4. The highest BCUT2D eigenvalue weighted by molar-refractivity contribution is 9.10. The fourth-order valence-corrected chi connectivity index (χ4v) is 19.4. The van der Waals surface area contributed by atoms with Crippen molar-refractivity contribution in [3.05, 3.63) is 377 Å². The van der Waals surface area contributed by atoms with E-state index in [1.807, 2.05) is 230 Å². The quantitative estimate of drug-likeness (QED) is 0.0738. The number of aryl methyl sites for hydroxylation is 4. The van der Waals surface area contributed by atoms with Crippen molar-refractivity contribution in [2.24, 2.45) is 0 Å². The lowest BCUT2D eigenvalue weighted by molar-refractivity contribution is -0.141. The molecule has 0 saturated carbocycles. The van der Waals surface area contributed by atoms with Gasteiger partial charge in [0.1, 0.15) is 6.04 Å². The van der Waals surface area contributed by atoms with E-state index >= 15 is 0 Å². The van der Waals surface area contributed by atoms with Crippen molar-refractivity contribution < 1.29 is 38.9 Å². The van der Waals surface area contributed by atoms with E-state index in [2.05, 4.69) is 64.0 Å². The van der Waals surface area contributed by atoms with Crippen LogP contribution in [0, 0.1) is 27.7 Å². The standard InChI is InChI=1S/C27H27Cl2N3O2.C26H26Cl2N2O4.C25H22Cl4N2O.C24H22BrCl2N3O/c1-18-8-13-24(23(29)16-18)32-15-14-31(17-25(32)20-9-11-22(28)12-10-20)27(34)26(30-19(2)33)21-6-4-3-5-7-21;1-16-3-9-21(20(28)13-16)30-12-11-29(15-22(30)17-4-7-19(27)8-5-17)26(33)25(32)18-6-10-23(31)24(14-18)34-2;1-16-2-9-23(22(29)12-16)31-11-10-30(15-24(31)17-3-5-19(26)6-4-17)25(32)14-18-13-20(27)7-8-21(18)28;1-16-2-7-22(21(27)10-16)30-9-8-29(15-23(30)18-3-5-20(26)6-4-18)24(31)12-17-11-19(25)14-28-13-17/h3-13,16,25-26H,14-15,17H2,1-2H3,(H,30,33);3-10,13-14,22,25,31-32H,11-12,15H2,1-2H3;2-9,12-13,24H,10-11,14-15H2,1H3;2-7,10-11,13-14,23H,8-9,12,15H2,1H3. The number of amides is 5. The Morgan fingerprint density at radius 1 is 0.405 bits per heavy atom. The van der Waals surface area contributed by atoms with E-state index in [-0.39, 0.29) is 65.7 Å².